The molecule has 11 nitrogen and oxygen atoms in total. The van der Waals surface area contributed by atoms with Gasteiger partial charge in [-0.15, -0.1) is 0 Å². The summed E-state index contributed by atoms with van der Waals surface area (Å²) in [7, 11) is 3.21. The topological polar surface area (TPSA) is 115 Å². The fourth-order valence-corrected chi connectivity index (χ4v) is 4.15. The predicted octanol–water partition coefficient (Wildman–Crippen LogP) is 2.76. The molecule has 2 atom stereocenters. The molecule has 1 N–H and O–H groups in total. The first-order valence-electron chi connectivity index (χ1n) is 11.3. The molecule has 0 radical (unpaired) electrons. The van der Waals surface area contributed by atoms with Crippen LogP contribution in [0.2, 0.25) is 0 Å². The Bertz CT molecular complexity index is 1230. The molecule has 2 unspecified atom stereocenters. The number of hydrogen-bond donors (Lipinski definition) is 1. The monoisotopic (exact) mass is 478 g/mol. The number of carbonyl (C=O) groups excluding carboxylic acids is 1. The summed E-state index contributed by atoms with van der Waals surface area (Å²) in [6, 6.07) is 12.8. The average Bonchev–Trinajstić information content (AvgIpc) is 3.54. The van der Waals surface area contributed by atoms with Gasteiger partial charge in [-0.1, -0.05) is 17.3 Å². The van der Waals surface area contributed by atoms with E-state index < -0.39 is 0 Å². The van der Waals surface area contributed by atoms with E-state index in [4.69, 9.17) is 18.7 Å². The van der Waals surface area contributed by atoms with Gasteiger partial charge in [0.2, 0.25) is 11.7 Å². The van der Waals surface area contributed by atoms with Crippen molar-refractivity contribution in [3.8, 4) is 28.6 Å². The van der Waals surface area contributed by atoms with Crippen LogP contribution in [0.25, 0.3) is 11.4 Å². The number of rotatable bonds is 8. The molecule has 2 aromatic carbocycles. The number of ether oxygens (including phenoxy) is 3. The summed E-state index contributed by atoms with van der Waals surface area (Å²) >= 11 is 0. The number of hydrazine groups is 1. The van der Waals surface area contributed by atoms with Gasteiger partial charge in [0.25, 0.3) is 5.91 Å². The number of aromatic nitrogens is 2. The SMILES string of the molecule is CCOc1ccc(-c2noc(CN3N=CN4NC(c5ccc(OC)cc5)CC4C3=O)n2)cc1OC. The number of hydrazone groups is 1. The van der Waals surface area contributed by atoms with Crippen LogP contribution in [-0.2, 0) is 11.3 Å². The highest BCUT2D eigenvalue weighted by molar-refractivity contribution is 5.87. The third kappa shape index (κ3) is 4.50. The lowest BCUT2D eigenvalue weighted by Gasteiger charge is -2.29. The zero-order valence-corrected chi connectivity index (χ0v) is 19.7. The maximum Gasteiger partial charge on any atom is 0.267 e. The molecule has 1 aromatic heterocycles. The van der Waals surface area contributed by atoms with Crippen molar-refractivity contribution in [2.75, 3.05) is 20.8 Å². The van der Waals surface area contributed by atoms with Crippen LogP contribution < -0.4 is 19.6 Å². The van der Waals surface area contributed by atoms with Gasteiger partial charge >= 0.3 is 0 Å². The smallest absolute Gasteiger partial charge is 0.267 e. The number of fused-ring (bicyclic) bond motifs is 1. The van der Waals surface area contributed by atoms with Gasteiger partial charge in [-0.05, 0) is 49.2 Å². The summed E-state index contributed by atoms with van der Waals surface area (Å²) < 4.78 is 21.6. The molecular formula is C24H26N6O5. The van der Waals surface area contributed by atoms with E-state index in [1.54, 1.807) is 37.7 Å². The highest BCUT2D eigenvalue weighted by Crippen LogP contribution is 2.33. The number of nitrogens with zero attached hydrogens (tertiary/aromatic N) is 5. The van der Waals surface area contributed by atoms with Crippen LogP contribution in [0.5, 0.6) is 17.2 Å². The fraction of sp³-hybridized carbons (Fsp3) is 0.333. The number of methoxy groups -OCH3 is 2. The zero-order chi connectivity index (χ0) is 24.4. The molecule has 11 heteroatoms. The molecule has 182 valence electrons. The van der Waals surface area contributed by atoms with E-state index >= 15 is 0 Å². The van der Waals surface area contributed by atoms with Gasteiger partial charge in [-0.2, -0.15) is 10.1 Å². The van der Waals surface area contributed by atoms with Crippen LogP contribution in [0.3, 0.4) is 0 Å². The molecule has 2 aliphatic heterocycles. The maximum atomic E-state index is 13.1. The first-order chi connectivity index (χ1) is 17.1. The summed E-state index contributed by atoms with van der Waals surface area (Å²) in [6.45, 7) is 2.51. The Morgan fingerprint density at radius 1 is 1.11 bits per heavy atom. The number of benzene rings is 2. The van der Waals surface area contributed by atoms with Crippen molar-refractivity contribution in [2.24, 2.45) is 5.10 Å². The second-order valence-electron chi connectivity index (χ2n) is 8.05. The van der Waals surface area contributed by atoms with Gasteiger partial charge < -0.3 is 18.7 Å². The molecule has 35 heavy (non-hydrogen) atoms. The summed E-state index contributed by atoms with van der Waals surface area (Å²) in [4.78, 5) is 17.6. The second kappa shape index (κ2) is 9.63. The van der Waals surface area contributed by atoms with Gasteiger partial charge in [0.15, 0.2) is 11.5 Å². The molecule has 3 heterocycles. The maximum absolute atomic E-state index is 13.1. The number of nitrogens with one attached hydrogen (secondary N) is 1. The summed E-state index contributed by atoms with van der Waals surface area (Å²) in [6.07, 6.45) is 2.22. The lowest BCUT2D eigenvalue weighted by molar-refractivity contribution is -0.137. The molecule has 0 bridgehead atoms. The molecule has 1 fully saturated rings. The van der Waals surface area contributed by atoms with Crippen molar-refractivity contribution in [1.29, 1.82) is 0 Å². The fourth-order valence-electron chi connectivity index (χ4n) is 4.15. The Labute approximate surface area is 202 Å². The van der Waals surface area contributed by atoms with Gasteiger partial charge in [0.05, 0.1) is 26.9 Å². The third-order valence-electron chi connectivity index (χ3n) is 5.95. The van der Waals surface area contributed by atoms with Crippen LogP contribution in [0, 0.1) is 0 Å². The largest absolute Gasteiger partial charge is 0.497 e. The highest BCUT2D eigenvalue weighted by atomic mass is 16.5. The van der Waals surface area contributed by atoms with Gasteiger partial charge in [-0.3, -0.25) is 9.80 Å². The molecule has 0 spiro atoms. The predicted molar refractivity (Wildman–Crippen MR) is 126 cm³/mol. The normalized spacial score (nSPS) is 19.1. The molecule has 2 aliphatic rings. The number of hydrogen-bond acceptors (Lipinski definition) is 10. The number of carbonyl (C=O) groups is 1. The van der Waals surface area contributed by atoms with E-state index in [0.29, 0.717) is 35.9 Å². The van der Waals surface area contributed by atoms with Crippen molar-refractivity contribution in [1.82, 2.24) is 25.6 Å². The second-order valence-corrected chi connectivity index (χ2v) is 8.05. The summed E-state index contributed by atoms with van der Waals surface area (Å²) in [5, 5.41) is 11.4. The Hall–Kier alpha value is -4.12. The third-order valence-corrected chi connectivity index (χ3v) is 5.95. The quantitative estimate of drug-likeness (QED) is 0.522. The first-order valence-corrected chi connectivity index (χ1v) is 11.3. The molecule has 0 aliphatic carbocycles. The Morgan fingerprint density at radius 2 is 1.94 bits per heavy atom. The minimum absolute atomic E-state index is 0.00842. The van der Waals surface area contributed by atoms with E-state index in [-0.39, 0.29) is 30.4 Å². The average molecular weight is 479 g/mol. The van der Waals surface area contributed by atoms with E-state index in [9.17, 15) is 4.79 Å². The van der Waals surface area contributed by atoms with Crippen LogP contribution in [0.1, 0.15) is 30.8 Å². The van der Waals surface area contributed by atoms with Crippen LogP contribution in [0.4, 0.5) is 0 Å². The molecular weight excluding hydrogens is 452 g/mol. The highest BCUT2D eigenvalue weighted by Gasteiger charge is 2.41. The molecule has 1 saturated heterocycles. The Morgan fingerprint density at radius 3 is 2.69 bits per heavy atom. The first kappa shape index (κ1) is 22.7. The zero-order valence-electron chi connectivity index (χ0n) is 19.7. The van der Waals surface area contributed by atoms with Crippen LogP contribution >= 0.6 is 0 Å². The molecule has 0 saturated carbocycles. The van der Waals surface area contributed by atoms with Crippen LogP contribution in [-0.4, -0.2) is 59.3 Å². The Kier molecular flexibility index (Phi) is 6.23. The van der Waals surface area contributed by atoms with E-state index in [1.165, 1.54) is 5.01 Å². The van der Waals surface area contributed by atoms with Gasteiger partial charge in [0, 0.05) is 5.56 Å². The summed E-state index contributed by atoms with van der Waals surface area (Å²) in [5.41, 5.74) is 5.11. The van der Waals surface area contributed by atoms with Crippen molar-refractivity contribution in [2.45, 2.75) is 32.0 Å². The van der Waals surface area contributed by atoms with Crippen molar-refractivity contribution in [3.63, 3.8) is 0 Å². The van der Waals surface area contributed by atoms with Crippen molar-refractivity contribution < 1.29 is 23.5 Å². The molecule has 3 aromatic rings. The lowest BCUT2D eigenvalue weighted by atomic mass is 10.0. The summed E-state index contributed by atoms with van der Waals surface area (Å²) in [5.74, 6) is 2.53. The minimum atomic E-state index is -0.377. The standard InChI is InChI=1S/C24H26N6O5/c1-4-34-20-10-7-16(11-21(20)33-3)23-26-22(35-28-23)13-29-24(31)19-12-18(27-30(19)14-25-29)15-5-8-17(32-2)9-6-15/h5-11,14,18-19,27H,4,12-13H2,1-3H3. The van der Waals surface area contributed by atoms with Gasteiger partial charge in [0.1, 0.15) is 24.7 Å². The van der Waals surface area contributed by atoms with Crippen molar-refractivity contribution in [3.05, 3.63) is 53.9 Å². The van der Waals surface area contributed by atoms with E-state index in [2.05, 4.69) is 20.7 Å². The van der Waals surface area contributed by atoms with E-state index in [0.717, 1.165) is 11.3 Å². The molecule has 5 rings (SSSR count). The van der Waals surface area contributed by atoms with E-state index in [1.807, 2.05) is 37.3 Å². The minimum Gasteiger partial charge on any atom is -0.497 e. The lowest BCUT2D eigenvalue weighted by Crippen LogP contribution is -2.50. The molecule has 1 amide bonds. The number of amides is 1. The van der Waals surface area contributed by atoms with Crippen molar-refractivity contribution >= 4 is 12.2 Å². The van der Waals surface area contributed by atoms with Crippen LogP contribution in [0.15, 0.2) is 52.1 Å². The Balaban J connectivity index is 1.26. The van der Waals surface area contributed by atoms with Gasteiger partial charge in [-0.25, -0.2) is 10.4 Å².